The number of nitrogens with zero attached hydrogens (tertiary/aromatic N) is 1. The minimum Gasteiger partial charge on any atom is -0.192 e. The Hall–Kier alpha value is -1.29. The maximum absolute atomic E-state index is 9.02. The first kappa shape index (κ1) is 10.8. The summed E-state index contributed by atoms with van der Waals surface area (Å²) < 4.78 is 0. The zero-order valence-electron chi connectivity index (χ0n) is 9.33. The molecule has 0 bridgehead atoms. The Morgan fingerprint density at radius 1 is 1.07 bits per heavy atom. The molecular formula is C13H17N. The van der Waals surface area contributed by atoms with Gasteiger partial charge in [-0.2, -0.15) is 5.26 Å². The first-order valence-corrected chi connectivity index (χ1v) is 5.10. The smallest absolute Gasteiger partial charge is 0.0994 e. The van der Waals surface area contributed by atoms with Crippen molar-refractivity contribution >= 4 is 0 Å². The Balaban J connectivity index is 3.38. The topological polar surface area (TPSA) is 23.8 Å². The van der Waals surface area contributed by atoms with Gasteiger partial charge in [0, 0.05) is 0 Å². The van der Waals surface area contributed by atoms with E-state index in [2.05, 4.69) is 39.8 Å². The zero-order chi connectivity index (χ0) is 10.7. The van der Waals surface area contributed by atoms with E-state index in [0.29, 0.717) is 11.8 Å². The molecule has 0 amide bonds. The van der Waals surface area contributed by atoms with Crippen molar-refractivity contribution in [1.82, 2.24) is 0 Å². The molecule has 0 saturated heterocycles. The van der Waals surface area contributed by atoms with Crippen LogP contribution in [0.25, 0.3) is 0 Å². The summed E-state index contributed by atoms with van der Waals surface area (Å²) in [7, 11) is 0. The van der Waals surface area contributed by atoms with Gasteiger partial charge in [0.15, 0.2) is 0 Å². The standard InChI is InChI=1S/C13H17N/c1-9(2)12-7-5-6-11(8-14)13(12)10(3)4/h5-7,9-10H,1-4H3. The largest absolute Gasteiger partial charge is 0.192 e. The summed E-state index contributed by atoms with van der Waals surface area (Å²) in [5, 5.41) is 9.02. The molecule has 0 heterocycles. The summed E-state index contributed by atoms with van der Waals surface area (Å²) in [5.74, 6) is 0.906. The molecule has 0 aliphatic rings. The van der Waals surface area contributed by atoms with Crippen LogP contribution >= 0.6 is 0 Å². The SMILES string of the molecule is CC(C)c1cccc(C#N)c1C(C)C. The third kappa shape index (κ3) is 1.96. The highest BCUT2D eigenvalue weighted by atomic mass is 14.3. The Kier molecular flexibility index (Phi) is 3.30. The van der Waals surface area contributed by atoms with Gasteiger partial charge in [-0.1, -0.05) is 39.8 Å². The van der Waals surface area contributed by atoms with Crippen LogP contribution in [0.5, 0.6) is 0 Å². The van der Waals surface area contributed by atoms with Crippen molar-refractivity contribution in [2.75, 3.05) is 0 Å². The van der Waals surface area contributed by atoms with Crippen molar-refractivity contribution in [2.45, 2.75) is 39.5 Å². The van der Waals surface area contributed by atoms with E-state index in [9.17, 15) is 0 Å². The maximum Gasteiger partial charge on any atom is 0.0994 e. The van der Waals surface area contributed by atoms with Crippen molar-refractivity contribution in [1.29, 1.82) is 5.26 Å². The lowest BCUT2D eigenvalue weighted by Gasteiger charge is -2.16. The van der Waals surface area contributed by atoms with Gasteiger partial charge in [0.1, 0.15) is 0 Å². The van der Waals surface area contributed by atoms with Gasteiger partial charge >= 0.3 is 0 Å². The molecule has 0 fully saturated rings. The number of benzene rings is 1. The molecule has 0 N–H and O–H groups in total. The van der Waals surface area contributed by atoms with Crippen LogP contribution in [-0.4, -0.2) is 0 Å². The molecule has 0 saturated carbocycles. The molecule has 0 atom stereocenters. The van der Waals surface area contributed by atoms with Gasteiger partial charge in [0.05, 0.1) is 11.6 Å². The maximum atomic E-state index is 9.02. The van der Waals surface area contributed by atoms with Crippen molar-refractivity contribution < 1.29 is 0 Å². The predicted octanol–water partition coefficient (Wildman–Crippen LogP) is 3.81. The highest BCUT2D eigenvalue weighted by Gasteiger charge is 2.13. The van der Waals surface area contributed by atoms with Crippen molar-refractivity contribution in [3.05, 3.63) is 34.9 Å². The van der Waals surface area contributed by atoms with E-state index in [1.54, 1.807) is 0 Å². The summed E-state index contributed by atoms with van der Waals surface area (Å²) in [5.41, 5.74) is 3.34. The van der Waals surface area contributed by atoms with Gasteiger partial charge < -0.3 is 0 Å². The summed E-state index contributed by atoms with van der Waals surface area (Å²) in [6.45, 7) is 8.62. The number of rotatable bonds is 2. The molecule has 0 spiro atoms. The number of hydrogen-bond acceptors (Lipinski definition) is 1. The average molecular weight is 187 g/mol. The summed E-state index contributed by atoms with van der Waals surface area (Å²) in [4.78, 5) is 0. The van der Waals surface area contributed by atoms with E-state index in [4.69, 9.17) is 5.26 Å². The molecule has 0 aliphatic carbocycles. The van der Waals surface area contributed by atoms with Crippen LogP contribution in [0.15, 0.2) is 18.2 Å². The summed E-state index contributed by atoms with van der Waals surface area (Å²) >= 11 is 0. The third-order valence-electron chi connectivity index (χ3n) is 2.46. The average Bonchev–Trinajstić information content (AvgIpc) is 2.16. The molecule has 0 aliphatic heterocycles. The second kappa shape index (κ2) is 4.28. The van der Waals surface area contributed by atoms with E-state index in [0.717, 1.165) is 5.56 Å². The van der Waals surface area contributed by atoms with Crippen LogP contribution in [0, 0.1) is 11.3 Å². The lowest BCUT2D eigenvalue weighted by atomic mass is 9.87. The van der Waals surface area contributed by atoms with Crippen LogP contribution in [0.3, 0.4) is 0 Å². The normalized spacial score (nSPS) is 10.6. The molecule has 14 heavy (non-hydrogen) atoms. The van der Waals surface area contributed by atoms with Crippen LogP contribution in [0.2, 0.25) is 0 Å². The van der Waals surface area contributed by atoms with Gasteiger partial charge in [-0.05, 0) is 29.0 Å². The van der Waals surface area contributed by atoms with Crippen molar-refractivity contribution in [2.24, 2.45) is 0 Å². The Bertz CT molecular complexity index is 356. The van der Waals surface area contributed by atoms with Gasteiger partial charge in [0.25, 0.3) is 0 Å². The Morgan fingerprint density at radius 2 is 1.71 bits per heavy atom. The van der Waals surface area contributed by atoms with E-state index in [-0.39, 0.29) is 0 Å². The van der Waals surface area contributed by atoms with Gasteiger partial charge in [-0.15, -0.1) is 0 Å². The molecule has 74 valence electrons. The Labute approximate surface area is 86.4 Å². The molecule has 1 aromatic carbocycles. The fraction of sp³-hybridized carbons (Fsp3) is 0.462. The van der Waals surface area contributed by atoms with E-state index in [1.807, 2.05) is 12.1 Å². The van der Waals surface area contributed by atoms with Crippen molar-refractivity contribution in [3.63, 3.8) is 0 Å². The predicted molar refractivity (Wildman–Crippen MR) is 59.3 cm³/mol. The summed E-state index contributed by atoms with van der Waals surface area (Å²) in [6.07, 6.45) is 0. The van der Waals surface area contributed by atoms with Crippen molar-refractivity contribution in [3.8, 4) is 6.07 Å². The van der Waals surface area contributed by atoms with E-state index >= 15 is 0 Å². The second-order valence-electron chi connectivity index (χ2n) is 4.23. The van der Waals surface area contributed by atoms with E-state index < -0.39 is 0 Å². The molecule has 1 rings (SSSR count). The van der Waals surface area contributed by atoms with Crippen LogP contribution in [0.4, 0.5) is 0 Å². The monoisotopic (exact) mass is 187 g/mol. The lowest BCUT2D eigenvalue weighted by Crippen LogP contribution is -2.01. The zero-order valence-corrected chi connectivity index (χ0v) is 9.33. The van der Waals surface area contributed by atoms with Crippen LogP contribution < -0.4 is 0 Å². The molecule has 0 radical (unpaired) electrons. The minimum atomic E-state index is 0.420. The first-order valence-electron chi connectivity index (χ1n) is 5.10. The first-order chi connectivity index (χ1) is 6.57. The molecule has 1 heteroatoms. The van der Waals surface area contributed by atoms with Crippen LogP contribution in [-0.2, 0) is 0 Å². The fourth-order valence-electron chi connectivity index (χ4n) is 1.83. The summed E-state index contributed by atoms with van der Waals surface area (Å²) in [6, 6.07) is 8.27. The second-order valence-corrected chi connectivity index (χ2v) is 4.23. The molecule has 1 nitrogen and oxygen atoms in total. The lowest BCUT2D eigenvalue weighted by molar-refractivity contribution is 0.787. The molecule has 0 aromatic heterocycles. The molecular weight excluding hydrogens is 170 g/mol. The highest BCUT2D eigenvalue weighted by Crippen LogP contribution is 2.28. The van der Waals surface area contributed by atoms with Crippen LogP contribution in [0.1, 0.15) is 56.2 Å². The third-order valence-corrected chi connectivity index (χ3v) is 2.46. The minimum absolute atomic E-state index is 0.420. The fourth-order valence-corrected chi connectivity index (χ4v) is 1.83. The quantitative estimate of drug-likeness (QED) is 0.690. The van der Waals surface area contributed by atoms with Gasteiger partial charge in [0.2, 0.25) is 0 Å². The molecule has 1 aromatic rings. The molecule has 0 unspecified atom stereocenters. The van der Waals surface area contributed by atoms with Gasteiger partial charge in [-0.3, -0.25) is 0 Å². The van der Waals surface area contributed by atoms with Gasteiger partial charge in [-0.25, -0.2) is 0 Å². The Morgan fingerprint density at radius 3 is 2.14 bits per heavy atom. The van der Waals surface area contributed by atoms with E-state index in [1.165, 1.54) is 11.1 Å². The highest BCUT2D eigenvalue weighted by molar-refractivity contribution is 5.45. The number of nitriles is 1. The number of hydrogen-bond donors (Lipinski definition) is 0.